The van der Waals surface area contributed by atoms with Gasteiger partial charge in [-0.25, -0.2) is 0 Å². The van der Waals surface area contributed by atoms with Crippen molar-refractivity contribution in [1.29, 1.82) is 5.26 Å². The topological polar surface area (TPSA) is 62.3 Å². The first-order valence-electron chi connectivity index (χ1n) is 5.36. The molecule has 0 saturated heterocycles. The summed E-state index contributed by atoms with van der Waals surface area (Å²) in [6, 6.07) is 7.92. The monoisotopic (exact) mass is 217 g/mol. The Morgan fingerprint density at radius 1 is 1.62 bits per heavy atom. The molecule has 1 atom stereocenters. The highest BCUT2D eigenvalue weighted by atomic mass is 16.5. The average Bonchev–Trinajstić information content (AvgIpc) is 2.33. The molecular formula is C12H15N3O. The number of benzene rings is 1. The van der Waals surface area contributed by atoms with Crippen molar-refractivity contribution in [2.45, 2.75) is 12.5 Å². The molecule has 4 nitrogen and oxygen atoms in total. The van der Waals surface area contributed by atoms with Gasteiger partial charge < -0.3 is 15.4 Å². The van der Waals surface area contributed by atoms with Gasteiger partial charge in [-0.1, -0.05) is 0 Å². The van der Waals surface area contributed by atoms with Crippen molar-refractivity contribution >= 4 is 5.69 Å². The Bertz CT molecular complexity index is 425. The molecule has 0 bridgehead atoms. The number of ether oxygens (including phenoxy) is 1. The molecule has 0 spiro atoms. The molecular weight excluding hydrogens is 202 g/mol. The van der Waals surface area contributed by atoms with Gasteiger partial charge in [0.15, 0.2) is 0 Å². The number of nitrogens with two attached hydrogens (primary N) is 1. The number of hydrogen-bond donors (Lipinski definition) is 1. The molecule has 0 saturated carbocycles. The quantitative estimate of drug-likeness (QED) is 0.806. The van der Waals surface area contributed by atoms with Gasteiger partial charge in [-0.15, -0.1) is 0 Å². The first kappa shape index (κ1) is 10.8. The van der Waals surface area contributed by atoms with Crippen LogP contribution in [0.4, 0.5) is 5.69 Å². The fraction of sp³-hybridized carbons (Fsp3) is 0.417. The molecule has 1 heterocycles. The molecule has 4 heteroatoms. The van der Waals surface area contributed by atoms with E-state index in [1.54, 1.807) is 6.07 Å². The van der Waals surface area contributed by atoms with Crippen LogP contribution in [0.2, 0.25) is 0 Å². The van der Waals surface area contributed by atoms with Crippen LogP contribution in [0, 0.1) is 11.3 Å². The zero-order valence-electron chi connectivity index (χ0n) is 9.31. The smallest absolute Gasteiger partial charge is 0.142 e. The maximum atomic E-state index is 8.87. The van der Waals surface area contributed by atoms with Crippen molar-refractivity contribution in [2.75, 3.05) is 25.1 Å². The van der Waals surface area contributed by atoms with Gasteiger partial charge >= 0.3 is 0 Å². The lowest BCUT2D eigenvalue weighted by atomic mass is 10.1. The van der Waals surface area contributed by atoms with Crippen LogP contribution in [-0.2, 0) is 0 Å². The zero-order chi connectivity index (χ0) is 11.5. The maximum Gasteiger partial charge on any atom is 0.142 e. The van der Waals surface area contributed by atoms with Gasteiger partial charge in [0.2, 0.25) is 0 Å². The van der Waals surface area contributed by atoms with E-state index in [1.807, 2.05) is 19.2 Å². The van der Waals surface area contributed by atoms with Crippen LogP contribution >= 0.6 is 0 Å². The number of nitrogens with zero attached hydrogens (tertiary/aromatic N) is 2. The summed E-state index contributed by atoms with van der Waals surface area (Å²) in [6.07, 6.45) is 0.896. The number of likely N-dealkylation sites (N-methyl/N-ethyl adjacent to an activating group) is 1. The van der Waals surface area contributed by atoms with Crippen molar-refractivity contribution in [1.82, 2.24) is 0 Å². The Kier molecular flexibility index (Phi) is 2.97. The summed E-state index contributed by atoms with van der Waals surface area (Å²) in [5.74, 6) is 0.842. The lowest BCUT2D eigenvalue weighted by Gasteiger charge is -2.35. The Balaban J connectivity index is 2.31. The second-order valence-corrected chi connectivity index (χ2v) is 3.95. The molecule has 2 N–H and O–H groups in total. The van der Waals surface area contributed by atoms with Gasteiger partial charge in [0.05, 0.1) is 23.4 Å². The molecule has 1 aromatic carbocycles. The second kappa shape index (κ2) is 4.42. The molecule has 0 aromatic heterocycles. The molecule has 0 radical (unpaired) electrons. The van der Waals surface area contributed by atoms with E-state index < -0.39 is 0 Å². The third-order valence-corrected chi connectivity index (χ3v) is 2.95. The van der Waals surface area contributed by atoms with Gasteiger partial charge in [0, 0.05) is 7.05 Å². The van der Waals surface area contributed by atoms with Crippen molar-refractivity contribution in [3.05, 3.63) is 23.8 Å². The number of fused-ring (bicyclic) bond motifs is 1. The first-order chi connectivity index (χ1) is 7.76. The molecule has 1 aliphatic rings. The second-order valence-electron chi connectivity index (χ2n) is 3.95. The summed E-state index contributed by atoms with van der Waals surface area (Å²) < 4.78 is 5.65. The third-order valence-electron chi connectivity index (χ3n) is 2.95. The number of anilines is 1. The normalized spacial score (nSPS) is 18.6. The standard InChI is InChI=1S/C12H15N3O/c1-15-10(4-5-13)8-16-12-3-2-9(7-14)6-11(12)15/h2-3,6,10H,4-5,8,13H2,1H3. The summed E-state index contributed by atoms with van der Waals surface area (Å²) in [7, 11) is 2.02. The third kappa shape index (κ3) is 1.82. The van der Waals surface area contributed by atoms with Gasteiger partial charge in [-0.3, -0.25) is 0 Å². The van der Waals surface area contributed by atoms with Crippen molar-refractivity contribution in [2.24, 2.45) is 5.73 Å². The van der Waals surface area contributed by atoms with E-state index in [4.69, 9.17) is 15.7 Å². The van der Waals surface area contributed by atoms with Gasteiger partial charge in [-0.05, 0) is 31.2 Å². The van der Waals surface area contributed by atoms with Gasteiger partial charge in [-0.2, -0.15) is 5.26 Å². The van der Waals surface area contributed by atoms with Crippen molar-refractivity contribution in [3.8, 4) is 11.8 Å². The van der Waals surface area contributed by atoms with Crippen LogP contribution in [0.1, 0.15) is 12.0 Å². The maximum absolute atomic E-state index is 8.87. The predicted octanol–water partition coefficient (Wildman–Crippen LogP) is 1.10. The number of rotatable bonds is 2. The summed E-state index contributed by atoms with van der Waals surface area (Å²) in [5, 5.41) is 8.87. The highest BCUT2D eigenvalue weighted by Gasteiger charge is 2.24. The minimum atomic E-state index is 0.298. The Labute approximate surface area is 95.2 Å². The van der Waals surface area contributed by atoms with E-state index in [2.05, 4.69) is 11.0 Å². The Morgan fingerprint density at radius 2 is 2.44 bits per heavy atom. The SMILES string of the molecule is CN1c2cc(C#N)ccc2OCC1CCN. The minimum Gasteiger partial charge on any atom is -0.489 e. The predicted molar refractivity (Wildman–Crippen MR) is 62.5 cm³/mol. The van der Waals surface area contributed by atoms with Gasteiger partial charge in [0.25, 0.3) is 0 Å². The van der Waals surface area contributed by atoms with E-state index in [0.717, 1.165) is 17.9 Å². The van der Waals surface area contributed by atoms with E-state index in [0.29, 0.717) is 24.8 Å². The molecule has 0 amide bonds. The van der Waals surface area contributed by atoms with E-state index in [9.17, 15) is 0 Å². The number of nitriles is 1. The van der Waals surface area contributed by atoms with Crippen LogP contribution in [0.5, 0.6) is 5.75 Å². The van der Waals surface area contributed by atoms with Crippen molar-refractivity contribution < 1.29 is 4.74 Å². The van der Waals surface area contributed by atoms with Crippen LogP contribution in [0.15, 0.2) is 18.2 Å². The van der Waals surface area contributed by atoms with Crippen LogP contribution < -0.4 is 15.4 Å². The lowest BCUT2D eigenvalue weighted by Crippen LogP contribution is -2.41. The summed E-state index contributed by atoms with van der Waals surface area (Å²) in [4.78, 5) is 2.15. The molecule has 1 aromatic rings. The molecule has 16 heavy (non-hydrogen) atoms. The molecule has 0 fully saturated rings. The lowest BCUT2D eigenvalue weighted by molar-refractivity contribution is 0.261. The molecule has 1 aliphatic heterocycles. The largest absolute Gasteiger partial charge is 0.489 e. The Morgan fingerprint density at radius 3 is 3.12 bits per heavy atom. The van der Waals surface area contributed by atoms with Gasteiger partial charge in [0.1, 0.15) is 12.4 Å². The number of hydrogen-bond acceptors (Lipinski definition) is 4. The fourth-order valence-corrected chi connectivity index (χ4v) is 1.95. The van der Waals surface area contributed by atoms with E-state index in [-0.39, 0.29) is 0 Å². The van der Waals surface area contributed by atoms with Crippen LogP contribution in [0.3, 0.4) is 0 Å². The van der Waals surface area contributed by atoms with E-state index in [1.165, 1.54) is 0 Å². The summed E-state index contributed by atoms with van der Waals surface area (Å²) in [5.41, 5.74) is 7.19. The first-order valence-corrected chi connectivity index (χ1v) is 5.36. The van der Waals surface area contributed by atoms with Crippen LogP contribution in [0.25, 0.3) is 0 Å². The van der Waals surface area contributed by atoms with Crippen LogP contribution in [-0.4, -0.2) is 26.2 Å². The zero-order valence-corrected chi connectivity index (χ0v) is 9.31. The summed E-state index contributed by atoms with van der Waals surface area (Å²) in [6.45, 7) is 1.30. The molecule has 84 valence electrons. The molecule has 0 aliphatic carbocycles. The molecule has 1 unspecified atom stereocenters. The van der Waals surface area contributed by atoms with E-state index >= 15 is 0 Å². The van der Waals surface area contributed by atoms with Crippen molar-refractivity contribution in [3.63, 3.8) is 0 Å². The fourth-order valence-electron chi connectivity index (χ4n) is 1.95. The highest BCUT2D eigenvalue weighted by molar-refractivity contribution is 5.63. The minimum absolute atomic E-state index is 0.298. The molecule has 2 rings (SSSR count). The highest BCUT2D eigenvalue weighted by Crippen LogP contribution is 2.34. The Hall–Kier alpha value is -1.73. The summed E-state index contributed by atoms with van der Waals surface area (Å²) >= 11 is 0. The average molecular weight is 217 g/mol.